The van der Waals surface area contributed by atoms with Crippen molar-refractivity contribution in [2.75, 3.05) is 11.9 Å². The van der Waals surface area contributed by atoms with Crippen LogP contribution in [0.1, 0.15) is 25.8 Å². The number of amides is 1. The second-order valence-corrected chi connectivity index (χ2v) is 4.27. The Bertz CT molecular complexity index is 412. The number of anilines is 1. The van der Waals surface area contributed by atoms with Gasteiger partial charge in [0.25, 0.3) is 0 Å². The fourth-order valence-corrected chi connectivity index (χ4v) is 1.46. The summed E-state index contributed by atoms with van der Waals surface area (Å²) < 4.78 is 4.81. The Labute approximate surface area is 107 Å². The lowest BCUT2D eigenvalue weighted by molar-refractivity contribution is -0.145. The molecule has 0 aromatic heterocycles. The Hall–Kier alpha value is -1.84. The maximum absolute atomic E-state index is 11.8. The van der Waals surface area contributed by atoms with Gasteiger partial charge in [-0.15, -0.1) is 0 Å². The third-order valence-electron chi connectivity index (χ3n) is 2.54. The highest BCUT2D eigenvalue weighted by molar-refractivity contribution is 5.94. The van der Waals surface area contributed by atoms with E-state index in [9.17, 15) is 9.59 Å². The van der Waals surface area contributed by atoms with E-state index in [1.165, 1.54) is 0 Å². The van der Waals surface area contributed by atoms with Gasteiger partial charge < -0.3 is 10.1 Å². The first kappa shape index (κ1) is 14.2. The number of hydrogen-bond donors (Lipinski definition) is 1. The molecular formula is C14H19NO3. The predicted octanol–water partition coefficient (Wildman–Crippen LogP) is 2.52. The molecule has 0 fully saturated rings. The quantitative estimate of drug-likeness (QED) is 0.816. The van der Waals surface area contributed by atoms with Crippen LogP contribution in [-0.2, 0) is 14.3 Å². The highest BCUT2D eigenvalue weighted by atomic mass is 16.5. The third kappa shape index (κ3) is 4.57. The molecule has 0 heterocycles. The van der Waals surface area contributed by atoms with Gasteiger partial charge in [-0.2, -0.15) is 0 Å². The minimum absolute atomic E-state index is 0.103. The lowest BCUT2D eigenvalue weighted by atomic mass is 10.1. The van der Waals surface area contributed by atoms with Gasteiger partial charge in [-0.3, -0.25) is 9.59 Å². The van der Waals surface area contributed by atoms with E-state index in [0.29, 0.717) is 6.61 Å². The molecular weight excluding hydrogens is 230 g/mol. The zero-order valence-electron chi connectivity index (χ0n) is 11.0. The zero-order valence-corrected chi connectivity index (χ0v) is 11.0. The Kier molecular flexibility index (Phi) is 5.36. The Balaban J connectivity index is 2.49. The van der Waals surface area contributed by atoms with Crippen LogP contribution < -0.4 is 5.32 Å². The lowest BCUT2D eigenvalue weighted by Crippen LogP contribution is -2.23. The van der Waals surface area contributed by atoms with Crippen LogP contribution in [0.4, 0.5) is 5.69 Å². The Morgan fingerprint density at radius 3 is 2.44 bits per heavy atom. The van der Waals surface area contributed by atoms with Crippen LogP contribution in [0.2, 0.25) is 0 Å². The number of ether oxygens (including phenoxy) is 1. The molecule has 0 saturated heterocycles. The number of nitrogens with one attached hydrogen (secondary N) is 1. The number of hydrogen-bond acceptors (Lipinski definition) is 3. The highest BCUT2D eigenvalue weighted by Crippen LogP contribution is 2.12. The van der Waals surface area contributed by atoms with Gasteiger partial charge in [0.2, 0.25) is 5.91 Å². The summed E-state index contributed by atoms with van der Waals surface area (Å²) in [5, 5.41) is 2.77. The van der Waals surface area contributed by atoms with Crippen LogP contribution in [0.15, 0.2) is 24.3 Å². The van der Waals surface area contributed by atoms with Gasteiger partial charge in [0, 0.05) is 11.6 Å². The van der Waals surface area contributed by atoms with E-state index in [4.69, 9.17) is 4.74 Å². The van der Waals surface area contributed by atoms with Gasteiger partial charge in [-0.25, -0.2) is 0 Å². The average molecular weight is 249 g/mol. The monoisotopic (exact) mass is 249 g/mol. The van der Waals surface area contributed by atoms with Crippen LogP contribution in [-0.4, -0.2) is 18.5 Å². The minimum Gasteiger partial charge on any atom is -0.466 e. The topological polar surface area (TPSA) is 55.4 Å². The summed E-state index contributed by atoms with van der Waals surface area (Å²) in [6.45, 7) is 5.77. The van der Waals surface area contributed by atoms with Crippen LogP contribution in [0.25, 0.3) is 0 Å². The van der Waals surface area contributed by atoms with E-state index >= 15 is 0 Å². The average Bonchev–Trinajstić information content (AvgIpc) is 2.32. The molecule has 0 bridgehead atoms. The van der Waals surface area contributed by atoms with E-state index in [1.807, 2.05) is 31.2 Å². The standard InChI is InChI=1S/C14H19NO3/c1-4-18-13(16)9-11(3)14(17)15-12-7-5-10(2)6-8-12/h5-8,11H,4,9H2,1-3H3,(H,15,17). The Morgan fingerprint density at radius 1 is 1.28 bits per heavy atom. The molecule has 0 saturated carbocycles. The summed E-state index contributed by atoms with van der Waals surface area (Å²) in [6.07, 6.45) is 0.103. The molecule has 4 nitrogen and oxygen atoms in total. The minimum atomic E-state index is -0.398. The third-order valence-corrected chi connectivity index (χ3v) is 2.54. The molecule has 1 atom stereocenters. The number of aryl methyl sites for hydroxylation is 1. The molecule has 1 N–H and O–H groups in total. The van der Waals surface area contributed by atoms with Gasteiger partial charge in [-0.1, -0.05) is 24.6 Å². The molecule has 0 spiro atoms. The van der Waals surface area contributed by atoms with Crippen molar-refractivity contribution in [1.29, 1.82) is 0 Å². The second kappa shape index (κ2) is 6.79. The van der Waals surface area contributed by atoms with Crippen molar-refractivity contribution in [3.8, 4) is 0 Å². The molecule has 0 aliphatic carbocycles. The van der Waals surface area contributed by atoms with Crippen molar-refractivity contribution in [1.82, 2.24) is 0 Å². The van der Waals surface area contributed by atoms with Crippen molar-refractivity contribution < 1.29 is 14.3 Å². The normalized spacial score (nSPS) is 11.7. The first-order valence-corrected chi connectivity index (χ1v) is 6.06. The van der Waals surface area contributed by atoms with E-state index in [1.54, 1.807) is 13.8 Å². The van der Waals surface area contributed by atoms with Crippen molar-refractivity contribution in [3.63, 3.8) is 0 Å². The maximum atomic E-state index is 11.8. The van der Waals surface area contributed by atoms with Gasteiger partial charge in [0.15, 0.2) is 0 Å². The fraction of sp³-hybridized carbons (Fsp3) is 0.429. The van der Waals surface area contributed by atoms with Crippen LogP contribution >= 0.6 is 0 Å². The van der Waals surface area contributed by atoms with Crippen molar-refractivity contribution in [3.05, 3.63) is 29.8 Å². The summed E-state index contributed by atoms with van der Waals surface area (Å²) in [5.41, 5.74) is 1.87. The number of carbonyl (C=O) groups excluding carboxylic acids is 2. The number of carbonyl (C=O) groups is 2. The second-order valence-electron chi connectivity index (χ2n) is 4.27. The molecule has 1 aromatic rings. The largest absolute Gasteiger partial charge is 0.466 e. The zero-order chi connectivity index (χ0) is 13.5. The molecule has 18 heavy (non-hydrogen) atoms. The van der Waals surface area contributed by atoms with E-state index in [2.05, 4.69) is 5.32 Å². The molecule has 1 rings (SSSR count). The van der Waals surface area contributed by atoms with Crippen molar-refractivity contribution >= 4 is 17.6 Å². The summed E-state index contributed by atoms with van der Waals surface area (Å²) in [6, 6.07) is 7.52. The number of esters is 1. The van der Waals surface area contributed by atoms with Crippen molar-refractivity contribution in [2.24, 2.45) is 5.92 Å². The summed E-state index contributed by atoms with van der Waals surface area (Å²) in [4.78, 5) is 23.1. The van der Waals surface area contributed by atoms with E-state index in [-0.39, 0.29) is 18.3 Å². The van der Waals surface area contributed by atoms with Crippen LogP contribution in [0.5, 0.6) is 0 Å². The highest BCUT2D eigenvalue weighted by Gasteiger charge is 2.17. The molecule has 1 amide bonds. The SMILES string of the molecule is CCOC(=O)CC(C)C(=O)Nc1ccc(C)cc1. The first-order chi connectivity index (χ1) is 8.52. The molecule has 1 unspecified atom stereocenters. The summed E-state index contributed by atoms with van der Waals surface area (Å²) in [7, 11) is 0. The van der Waals surface area contributed by atoms with Crippen LogP contribution in [0, 0.1) is 12.8 Å². The predicted molar refractivity (Wildman–Crippen MR) is 70.2 cm³/mol. The summed E-state index contributed by atoms with van der Waals surface area (Å²) in [5.74, 6) is -0.915. The smallest absolute Gasteiger partial charge is 0.306 e. The van der Waals surface area contributed by atoms with Gasteiger partial charge in [0.05, 0.1) is 13.0 Å². The van der Waals surface area contributed by atoms with E-state index in [0.717, 1.165) is 11.3 Å². The maximum Gasteiger partial charge on any atom is 0.306 e. The molecule has 98 valence electrons. The summed E-state index contributed by atoms with van der Waals surface area (Å²) >= 11 is 0. The molecule has 0 radical (unpaired) electrons. The molecule has 1 aromatic carbocycles. The van der Waals surface area contributed by atoms with E-state index < -0.39 is 5.92 Å². The first-order valence-electron chi connectivity index (χ1n) is 6.06. The molecule has 4 heteroatoms. The van der Waals surface area contributed by atoms with Gasteiger partial charge >= 0.3 is 5.97 Å². The number of rotatable bonds is 5. The van der Waals surface area contributed by atoms with Gasteiger partial charge in [-0.05, 0) is 26.0 Å². The molecule has 0 aliphatic rings. The number of benzene rings is 1. The van der Waals surface area contributed by atoms with Crippen LogP contribution in [0.3, 0.4) is 0 Å². The fourth-order valence-electron chi connectivity index (χ4n) is 1.46. The molecule has 0 aliphatic heterocycles. The van der Waals surface area contributed by atoms with Gasteiger partial charge in [0.1, 0.15) is 0 Å². The Morgan fingerprint density at radius 2 is 1.89 bits per heavy atom. The van der Waals surface area contributed by atoms with Crippen molar-refractivity contribution in [2.45, 2.75) is 27.2 Å². The lowest BCUT2D eigenvalue weighted by Gasteiger charge is -2.11.